The van der Waals surface area contributed by atoms with Gasteiger partial charge in [-0.1, -0.05) is 6.92 Å². The smallest absolute Gasteiger partial charge is 0.200 e. The van der Waals surface area contributed by atoms with Gasteiger partial charge in [0.25, 0.3) is 0 Å². The summed E-state index contributed by atoms with van der Waals surface area (Å²) in [7, 11) is 0. The molecule has 0 aromatic carbocycles. The fourth-order valence-electron chi connectivity index (χ4n) is 1.70. The molecule has 1 aliphatic carbocycles. The maximum Gasteiger partial charge on any atom is 0.315 e. The van der Waals surface area contributed by atoms with Crippen molar-refractivity contribution < 1.29 is 17.6 Å². The van der Waals surface area contributed by atoms with Gasteiger partial charge in [0.15, 0.2) is 0 Å². The summed E-state index contributed by atoms with van der Waals surface area (Å²) in [5.74, 6) is -9.19. The average molecular weight is 237 g/mol. The van der Waals surface area contributed by atoms with Crippen molar-refractivity contribution in [3.63, 3.8) is 0 Å². The second kappa shape index (κ2) is 3.43. The van der Waals surface area contributed by atoms with Crippen molar-refractivity contribution in [2.24, 2.45) is 5.92 Å². The summed E-state index contributed by atoms with van der Waals surface area (Å²) in [6.45, 7) is 1.59. The molecule has 0 saturated heterocycles. The van der Waals surface area contributed by atoms with E-state index in [4.69, 9.17) is 0 Å². The number of alkyl halides is 4. The highest BCUT2D eigenvalue weighted by molar-refractivity contribution is 5.03. The van der Waals surface area contributed by atoms with E-state index in [-0.39, 0.29) is 6.54 Å². The summed E-state index contributed by atoms with van der Waals surface area (Å²) in [5, 5.41) is 7.64. The standard InChI is InChI=1S/C9H11F4N3/c1-2-7-4-14-16(15-7)5-6-3-8(10,11)9(6,12)13/h4,6H,2-3,5H2,1H3. The van der Waals surface area contributed by atoms with Crippen LogP contribution in [-0.4, -0.2) is 26.8 Å². The Bertz CT molecular complexity index is 388. The monoisotopic (exact) mass is 237 g/mol. The molecule has 0 amide bonds. The molecule has 1 aromatic heterocycles. The van der Waals surface area contributed by atoms with E-state index in [2.05, 4.69) is 10.2 Å². The van der Waals surface area contributed by atoms with Crippen LogP contribution >= 0.6 is 0 Å². The third kappa shape index (κ3) is 1.58. The van der Waals surface area contributed by atoms with Crippen LogP contribution in [0.1, 0.15) is 19.0 Å². The molecular weight excluding hydrogens is 226 g/mol. The molecule has 1 saturated carbocycles. The van der Waals surface area contributed by atoms with Crippen LogP contribution in [0.5, 0.6) is 0 Å². The van der Waals surface area contributed by atoms with E-state index in [9.17, 15) is 17.6 Å². The van der Waals surface area contributed by atoms with Crippen molar-refractivity contribution in [3.05, 3.63) is 11.9 Å². The highest BCUT2D eigenvalue weighted by Crippen LogP contribution is 2.55. The van der Waals surface area contributed by atoms with Gasteiger partial charge in [0.05, 0.1) is 24.4 Å². The first-order valence-electron chi connectivity index (χ1n) is 5.01. The van der Waals surface area contributed by atoms with Crippen molar-refractivity contribution in [1.82, 2.24) is 15.0 Å². The molecule has 2 rings (SSSR count). The predicted molar refractivity (Wildman–Crippen MR) is 47.4 cm³/mol. The lowest BCUT2D eigenvalue weighted by Crippen LogP contribution is -2.59. The quantitative estimate of drug-likeness (QED) is 0.754. The van der Waals surface area contributed by atoms with Crippen molar-refractivity contribution in [2.45, 2.75) is 38.2 Å². The molecule has 1 aliphatic rings. The van der Waals surface area contributed by atoms with Crippen molar-refractivity contribution in [3.8, 4) is 0 Å². The summed E-state index contributed by atoms with van der Waals surface area (Å²) in [4.78, 5) is 1.06. The molecule has 0 radical (unpaired) electrons. The zero-order valence-electron chi connectivity index (χ0n) is 8.63. The van der Waals surface area contributed by atoms with E-state index in [1.54, 1.807) is 0 Å². The van der Waals surface area contributed by atoms with Crippen molar-refractivity contribution >= 4 is 0 Å². The zero-order valence-corrected chi connectivity index (χ0v) is 8.63. The molecule has 1 unspecified atom stereocenters. The molecule has 0 aliphatic heterocycles. The van der Waals surface area contributed by atoms with Gasteiger partial charge in [-0.3, -0.25) is 0 Å². The van der Waals surface area contributed by atoms with Gasteiger partial charge < -0.3 is 0 Å². The van der Waals surface area contributed by atoms with Crippen LogP contribution in [0, 0.1) is 5.92 Å². The van der Waals surface area contributed by atoms with Crippen LogP contribution in [0.2, 0.25) is 0 Å². The van der Waals surface area contributed by atoms with Crippen LogP contribution in [0.4, 0.5) is 17.6 Å². The molecule has 1 atom stereocenters. The molecule has 16 heavy (non-hydrogen) atoms. The zero-order chi connectivity index (χ0) is 12.0. The molecule has 0 bridgehead atoms. The SMILES string of the molecule is CCc1cnn(CC2CC(F)(F)C2(F)F)n1. The van der Waals surface area contributed by atoms with Crippen LogP contribution in [0.15, 0.2) is 6.20 Å². The largest absolute Gasteiger partial charge is 0.315 e. The highest BCUT2D eigenvalue weighted by Gasteiger charge is 2.71. The summed E-state index contributed by atoms with van der Waals surface area (Å²) in [6.07, 6.45) is 1.29. The number of aromatic nitrogens is 3. The molecule has 0 N–H and O–H groups in total. The third-order valence-electron chi connectivity index (χ3n) is 2.83. The minimum absolute atomic E-state index is 0.261. The van der Waals surface area contributed by atoms with E-state index in [0.29, 0.717) is 12.1 Å². The lowest BCUT2D eigenvalue weighted by molar-refractivity contribution is -0.316. The van der Waals surface area contributed by atoms with E-state index >= 15 is 0 Å². The number of halogens is 4. The number of nitrogens with zero attached hydrogens (tertiary/aromatic N) is 3. The average Bonchev–Trinajstić information content (AvgIpc) is 2.64. The lowest BCUT2D eigenvalue weighted by Gasteiger charge is -2.43. The van der Waals surface area contributed by atoms with Gasteiger partial charge in [0.2, 0.25) is 0 Å². The highest BCUT2D eigenvalue weighted by atomic mass is 19.3. The molecule has 1 fully saturated rings. The normalized spacial score (nSPS) is 26.4. The van der Waals surface area contributed by atoms with Crippen LogP contribution < -0.4 is 0 Å². The molecule has 0 spiro atoms. The van der Waals surface area contributed by atoms with Gasteiger partial charge in [0.1, 0.15) is 0 Å². The topological polar surface area (TPSA) is 30.7 Å². The molecule has 90 valence electrons. The van der Waals surface area contributed by atoms with E-state index in [1.165, 1.54) is 6.20 Å². The second-order valence-corrected chi connectivity index (χ2v) is 3.97. The lowest BCUT2D eigenvalue weighted by atomic mass is 9.77. The summed E-state index contributed by atoms with van der Waals surface area (Å²) in [6, 6.07) is 0. The predicted octanol–water partition coefficient (Wildman–Crippen LogP) is 2.13. The maximum atomic E-state index is 12.9. The summed E-state index contributed by atoms with van der Waals surface area (Å²) in [5.41, 5.74) is 0.661. The molecule has 3 nitrogen and oxygen atoms in total. The Morgan fingerprint density at radius 3 is 2.56 bits per heavy atom. The Morgan fingerprint density at radius 2 is 2.12 bits per heavy atom. The second-order valence-electron chi connectivity index (χ2n) is 3.97. The van der Waals surface area contributed by atoms with E-state index in [1.807, 2.05) is 6.92 Å². The third-order valence-corrected chi connectivity index (χ3v) is 2.83. The fourth-order valence-corrected chi connectivity index (χ4v) is 1.70. The van der Waals surface area contributed by atoms with Gasteiger partial charge in [-0.15, -0.1) is 0 Å². The van der Waals surface area contributed by atoms with Gasteiger partial charge in [-0.05, 0) is 6.42 Å². The van der Waals surface area contributed by atoms with Crippen molar-refractivity contribution in [1.29, 1.82) is 0 Å². The van der Waals surface area contributed by atoms with Gasteiger partial charge >= 0.3 is 11.8 Å². The Hall–Kier alpha value is -1.14. The summed E-state index contributed by atoms with van der Waals surface area (Å²) < 4.78 is 51.0. The van der Waals surface area contributed by atoms with Crippen LogP contribution in [0.3, 0.4) is 0 Å². The number of hydrogen-bond donors (Lipinski definition) is 0. The van der Waals surface area contributed by atoms with Gasteiger partial charge in [-0.2, -0.15) is 32.6 Å². The van der Waals surface area contributed by atoms with E-state index in [0.717, 1.165) is 4.80 Å². The number of rotatable bonds is 3. The minimum Gasteiger partial charge on any atom is -0.200 e. The summed E-state index contributed by atoms with van der Waals surface area (Å²) >= 11 is 0. The minimum atomic E-state index is -3.94. The fraction of sp³-hybridized carbons (Fsp3) is 0.778. The molecule has 1 aromatic rings. The van der Waals surface area contributed by atoms with Gasteiger partial charge in [0, 0.05) is 6.42 Å². The number of aryl methyl sites for hydroxylation is 1. The Kier molecular flexibility index (Phi) is 2.43. The van der Waals surface area contributed by atoms with Crippen molar-refractivity contribution in [2.75, 3.05) is 0 Å². The van der Waals surface area contributed by atoms with E-state index < -0.39 is 24.2 Å². The Morgan fingerprint density at radius 1 is 1.44 bits per heavy atom. The first kappa shape index (κ1) is 11.3. The number of hydrogen-bond acceptors (Lipinski definition) is 2. The van der Waals surface area contributed by atoms with Gasteiger partial charge in [-0.25, -0.2) is 0 Å². The molecule has 7 heteroatoms. The molecular formula is C9H11F4N3. The van der Waals surface area contributed by atoms with Crippen LogP contribution in [0.25, 0.3) is 0 Å². The first-order chi connectivity index (χ1) is 7.37. The maximum absolute atomic E-state index is 12.9. The Balaban J connectivity index is 2.02. The van der Waals surface area contributed by atoms with Crippen LogP contribution in [-0.2, 0) is 13.0 Å². The molecule has 1 heterocycles. The first-order valence-corrected chi connectivity index (χ1v) is 5.01. The Labute approximate surface area is 89.4 Å².